The first-order valence-corrected chi connectivity index (χ1v) is 5.74. The summed E-state index contributed by atoms with van der Waals surface area (Å²) in [7, 11) is 0. The van der Waals surface area contributed by atoms with Crippen molar-refractivity contribution in [2.24, 2.45) is 0 Å². The zero-order valence-electron chi connectivity index (χ0n) is 7.68. The maximum absolute atomic E-state index is 2.33. The van der Waals surface area contributed by atoms with Crippen LogP contribution in [0, 0.1) is 6.92 Å². The molecule has 12 heavy (non-hydrogen) atoms. The van der Waals surface area contributed by atoms with Crippen LogP contribution in [0.25, 0.3) is 0 Å². The summed E-state index contributed by atoms with van der Waals surface area (Å²) in [6.45, 7) is 2.21. The maximum atomic E-state index is 2.33. The van der Waals surface area contributed by atoms with E-state index in [2.05, 4.69) is 19.1 Å². The summed E-state index contributed by atoms with van der Waals surface area (Å²) in [5, 5.41) is 0. The third-order valence-corrected chi connectivity index (χ3v) is 3.93. The van der Waals surface area contributed by atoms with Crippen molar-refractivity contribution in [2.75, 3.05) is 0 Å². The van der Waals surface area contributed by atoms with Gasteiger partial charge in [0.2, 0.25) is 0 Å². The molecule has 0 radical (unpaired) electrons. The smallest absolute Gasteiger partial charge is 0.00790 e. The van der Waals surface area contributed by atoms with E-state index in [4.69, 9.17) is 0 Å². The van der Waals surface area contributed by atoms with Crippen molar-refractivity contribution in [3.8, 4) is 0 Å². The fraction of sp³-hybridized carbons (Fsp3) is 0.636. The largest absolute Gasteiger partial charge is 0.145 e. The molecule has 1 aliphatic rings. The van der Waals surface area contributed by atoms with Crippen LogP contribution in [0.4, 0.5) is 0 Å². The van der Waals surface area contributed by atoms with Gasteiger partial charge in [-0.05, 0) is 37.8 Å². The number of thiophene rings is 1. The van der Waals surface area contributed by atoms with Gasteiger partial charge in [-0.15, -0.1) is 11.3 Å². The topological polar surface area (TPSA) is 0 Å². The SMILES string of the molecule is Cc1ccc(C2CCCCC2)s1. The molecule has 0 amide bonds. The summed E-state index contributed by atoms with van der Waals surface area (Å²) < 4.78 is 0. The summed E-state index contributed by atoms with van der Waals surface area (Å²) in [5.41, 5.74) is 0. The highest BCUT2D eigenvalue weighted by molar-refractivity contribution is 7.12. The Morgan fingerprint density at radius 3 is 2.50 bits per heavy atom. The molecule has 0 atom stereocenters. The monoisotopic (exact) mass is 180 g/mol. The molecule has 2 rings (SSSR count). The third-order valence-electron chi connectivity index (χ3n) is 2.77. The molecule has 1 fully saturated rings. The predicted molar refractivity (Wildman–Crippen MR) is 54.9 cm³/mol. The van der Waals surface area contributed by atoms with Crippen molar-refractivity contribution < 1.29 is 0 Å². The van der Waals surface area contributed by atoms with E-state index in [0.29, 0.717) is 0 Å². The number of hydrogen-bond donors (Lipinski definition) is 0. The van der Waals surface area contributed by atoms with E-state index in [1.54, 1.807) is 4.88 Å². The Labute approximate surface area is 78.6 Å². The highest BCUT2D eigenvalue weighted by Gasteiger charge is 2.16. The Hall–Kier alpha value is -0.300. The summed E-state index contributed by atoms with van der Waals surface area (Å²) in [6, 6.07) is 4.59. The minimum Gasteiger partial charge on any atom is -0.145 e. The lowest BCUT2D eigenvalue weighted by Gasteiger charge is -2.19. The zero-order valence-corrected chi connectivity index (χ0v) is 8.49. The Kier molecular flexibility index (Phi) is 2.50. The second-order valence-electron chi connectivity index (χ2n) is 3.78. The molecule has 1 aromatic rings. The second-order valence-corrected chi connectivity index (χ2v) is 5.10. The molecular formula is C11H16S. The summed E-state index contributed by atoms with van der Waals surface area (Å²) in [6.07, 6.45) is 7.21. The van der Waals surface area contributed by atoms with Gasteiger partial charge in [0.15, 0.2) is 0 Å². The average molecular weight is 180 g/mol. The lowest BCUT2D eigenvalue weighted by atomic mass is 9.88. The standard InChI is InChI=1S/C11H16S/c1-9-7-8-11(12-9)10-5-3-2-4-6-10/h7-8,10H,2-6H2,1H3. The molecule has 1 saturated carbocycles. The first-order chi connectivity index (χ1) is 5.86. The van der Waals surface area contributed by atoms with Crippen LogP contribution in [0.5, 0.6) is 0 Å². The third kappa shape index (κ3) is 1.71. The van der Waals surface area contributed by atoms with Crippen LogP contribution in [0.15, 0.2) is 12.1 Å². The Morgan fingerprint density at radius 1 is 1.17 bits per heavy atom. The Balaban J connectivity index is 2.08. The van der Waals surface area contributed by atoms with Gasteiger partial charge >= 0.3 is 0 Å². The van der Waals surface area contributed by atoms with Gasteiger partial charge in [-0.3, -0.25) is 0 Å². The highest BCUT2D eigenvalue weighted by atomic mass is 32.1. The highest BCUT2D eigenvalue weighted by Crippen LogP contribution is 2.35. The zero-order chi connectivity index (χ0) is 8.39. The van der Waals surface area contributed by atoms with Gasteiger partial charge in [0, 0.05) is 9.75 Å². The van der Waals surface area contributed by atoms with Crippen LogP contribution in [-0.2, 0) is 0 Å². The molecule has 0 aromatic carbocycles. The normalized spacial score (nSPS) is 19.8. The van der Waals surface area contributed by atoms with E-state index in [1.807, 2.05) is 11.3 Å². The fourth-order valence-corrected chi connectivity index (χ4v) is 3.11. The molecule has 0 unspecified atom stereocenters. The number of aryl methyl sites for hydroxylation is 1. The van der Waals surface area contributed by atoms with Gasteiger partial charge in [0.25, 0.3) is 0 Å². The molecule has 0 nitrogen and oxygen atoms in total. The first-order valence-electron chi connectivity index (χ1n) is 4.92. The van der Waals surface area contributed by atoms with E-state index < -0.39 is 0 Å². The van der Waals surface area contributed by atoms with Gasteiger partial charge < -0.3 is 0 Å². The van der Waals surface area contributed by atoms with Crippen LogP contribution >= 0.6 is 11.3 Å². The fourth-order valence-electron chi connectivity index (χ4n) is 2.06. The Bertz CT molecular complexity index is 243. The molecule has 1 aromatic heterocycles. The van der Waals surface area contributed by atoms with E-state index in [-0.39, 0.29) is 0 Å². The lowest BCUT2D eigenvalue weighted by Crippen LogP contribution is -2.01. The quantitative estimate of drug-likeness (QED) is 0.610. The average Bonchev–Trinajstić information content (AvgIpc) is 2.54. The first kappa shape index (κ1) is 8.31. The van der Waals surface area contributed by atoms with Crippen molar-refractivity contribution in [3.63, 3.8) is 0 Å². The van der Waals surface area contributed by atoms with Crippen molar-refractivity contribution in [3.05, 3.63) is 21.9 Å². The number of rotatable bonds is 1. The van der Waals surface area contributed by atoms with Gasteiger partial charge in [-0.25, -0.2) is 0 Å². The van der Waals surface area contributed by atoms with Gasteiger partial charge in [-0.1, -0.05) is 19.3 Å². The predicted octanol–water partition coefficient (Wildman–Crippen LogP) is 4.10. The summed E-state index contributed by atoms with van der Waals surface area (Å²) in [5.74, 6) is 0.900. The second kappa shape index (κ2) is 3.61. The molecule has 0 N–H and O–H groups in total. The molecule has 66 valence electrons. The van der Waals surface area contributed by atoms with E-state index in [0.717, 1.165) is 5.92 Å². The molecule has 0 spiro atoms. The van der Waals surface area contributed by atoms with Crippen LogP contribution in [0.3, 0.4) is 0 Å². The van der Waals surface area contributed by atoms with Crippen LogP contribution < -0.4 is 0 Å². The van der Waals surface area contributed by atoms with E-state index in [1.165, 1.54) is 37.0 Å². The Morgan fingerprint density at radius 2 is 1.92 bits per heavy atom. The van der Waals surface area contributed by atoms with E-state index >= 15 is 0 Å². The summed E-state index contributed by atoms with van der Waals surface area (Å²) >= 11 is 1.99. The van der Waals surface area contributed by atoms with Crippen molar-refractivity contribution in [1.82, 2.24) is 0 Å². The van der Waals surface area contributed by atoms with Gasteiger partial charge in [-0.2, -0.15) is 0 Å². The van der Waals surface area contributed by atoms with Crippen molar-refractivity contribution in [1.29, 1.82) is 0 Å². The van der Waals surface area contributed by atoms with Crippen molar-refractivity contribution in [2.45, 2.75) is 44.9 Å². The van der Waals surface area contributed by atoms with Gasteiger partial charge in [0.1, 0.15) is 0 Å². The molecular weight excluding hydrogens is 164 g/mol. The molecule has 1 aliphatic carbocycles. The lowest BCUT2D eigenvalue weighted by molar-refractivity contribution is 0.448. The molecule has 0 saturated heterocycles. The molecule has 1 heteroatoms. The maximum Gasteiger partial charge on any atom is 0.00790 e. The molecule has 0 bridgehead atoms. The van der Waals surface area contributed by atoms with E-state index in [9.17, 15) is 0 Å². The van der Waals surface area contributed by atoms with Crippen molar-refractivity contribution >= 4 is 11.3 Å². The minimum atomic E-state index is 0.900. The molecule has 1 heterocycles. The molecule has 0 aliphatic heterocycles. The summed E-state index contributed by atoms with van der Waals surface area (Å²) in [4.78, 5) is 3.10. The van der Waals surface area contributed by atoms with Crippen LogP contribution in [0.1, 0.15) is 47.8 Å². The van der Waals surface area contributed by atoms with Crippen LogP contribution in [0.2, 0.25) is 0 Å². The van der Waals surface area contributed by atoms with Crippen LogP contribution in [-0.4, -0.2) is 0 Å². The minimum absolute atomic E-state index is 0.900. The van der Waals surface area contributed by atoms with Gasteiger partial charge in [0.05, 0.1) is 0 Å². The number of hydrogen-bond acceptors (Lipinski definition) is 1.